The zero-order valence-electron chi connectivity index (χ0n) is 19.4. The molecule has 1 fully saturated rings. The van der Waals surface area contributed by atoms with Gasteiger partial charge in [-0.25, -0.2) is 12.8 Å². The fourth-order valence-corrected chi connectivity index (χ4v) is 6.52. The van der Waals surface area contributed by atoms with Crippen molar-refractivity contribution in [2.75, 3.05) is 20.3 Å². The predicted molar refractivity (Wildman–Crippen MR) is 131 cm³/mol. The van der Waals surface area contributed by atoms with Gasteiger partial charge >= 0.3 is 5.97 Å². The van der Waals surface area contributed by atoms with E-state index in [4.69, 9.17) is 9.84 Å². The number of rotatable bonds is 8. The molecule has 0 bridgehead atoms. The molecule has 188 valence electrons. The quantitative estimate of drug-likeness (QED) is 0.461. The van der Waals surface area contributed by atoms with Crippen LogP contribution in [0.15, 0.2) is 59.5 Å². The summed E-state index contributed by atoms with van der Waals surface area (Å²) in [5.74, 6) is -1.33. The summed E-state index contributed by atoms with van der Waals surface area (Å²) < 4.78 is 49.9. The summed E-state index contributed by atoms with van der Waals surface area (Å²) in [6.45, 7) is 0.194. The molecule has 2 aliphatic rings. The van der Waals surface area contributed by atoms with E-state index >= 15 is 0 Å². The molecule has 0 amide bonds. The molecule has 5 rings (SSSR count). The lowest BCUT2D eigenvalue weighted by Crippen LogP contribution is -2.38. The van der Waals surface area contributed by atoms with Crippen molar-refractivity contribution in [3.63, 3.8) is 0 Å². The highest BCUT2D eigenvalue weighted by Crippen LogP contribution is 2.37. The number of halogens is 1. The summed E-state index contributed by atoms with van der Waals surface area (Å²) in [5.41, 5.74) is 2.03. The summed E-state index contributed by atoms with van der Waals surface area (Å²) in [4.78, 5) is 11.4. The van der Waals surface area contributed by atoms with Gasteiger partial charge in [-0.1, -0.05) is 18.2 Å². The fourth-order valence-electron chi connectivity index (χ4n) is 4.84. The van der Waals surface area contributed by atoms with Crippen LogP contribution in [-0.2, 0) is 26.0 Å². The van der Waals surface area contributed by atoms with Crippen molar-refractivity contribution < 1.29 is 32.6 Å². The number of carbonyl (C=O) groups is 1. The molecule has 36 heavy (non-hydrogen) atoms. The van der Waals surface area contributed by atoms with Crippen molar-refractivity contribution in [3.05, 3.63) is 71.7 Å². The van der Waals surface area contributed by atoms with E-state index in [1.807, 2.05) is 18.2 Å². The molecule has 2 heterocycles. The van der Waals surface area contributed by atoms with Gasteiger partial charge in [0.2, 0.25) is 10.0 Å². The van der Waals surface area contributed by atoms with Crippen molar-refractivity contribution in [2.24, 2.45) is 0 Å². The van der Waals surface area contributed by atoms with Crippen molar-refractivity contribution in [1.29, 1.82) is 0 Å². The predicted octanol–water partition coefficient (Wildman–Crippen LogP) is 2.84. The molecule has 1 aliphatic carbocycles. The van der Waals surface area contributed by atoms with Gasteiger partial charge in [-0.05, 0) is 42.3 Å². The summed E-state index contributed by atoms with van der Waals surface area (Å²) >= 11 is 0. The van der Waals surface area contributed by atoms with Crippen LogP contribution in [-0.4, -0.2) is 65.0 Å². The highest BCUT2D eigenvalue weighted by atomic mass is 32.2. The maximum absolute atomic E-state index is 14.1. The molecule has 0 radical (unpaired) electrons. The molecule has 1 saturated heterocycles. The SMILES string of the molecule is COC[C@@H]1C[C@@H](n2nc(CC(=O)O)c3ccc(F)cc32)CN1S(=O)(=O)c1ccc([OH2+])c(C2=CC=C2)c1. The van der Waals surface area contributed by atoms with Crippen LogP contribution in [0.25, 0.3) is 16.5 Å². The van der Waals surface area contributed by atoms with Crippen LogP contribution in [0.4, 0.5) is 4.39 Å². The van der Waals surface area contributed by atoms with Crippen LogP contribution in [0, 0.1) is 5.82 Å². The molecule has 3 N–H and O–H groups in total. The number of carboxylic acids is 1. The Kier molecular flexibility index (Phi) is 6.15. The van der Waals surface area contributed by atoms with E-state index in [9.17, 15) is 22.7 Å². The van der Waals surface area contributed by atoms with Crippen molar-refractivity contribution in [3.8, 4) is 5.75 Å². The minimum absolute atomic E-state index is 0.0523. The monoisotopic (exact) mass is 514 g/mol. The van der Waals surface area contributed by atoms with Crippen LogP contribution < -0.4 is 0 Å². The Hall–Kier alpha value is -3.54. The molecule has 0 spiro atoms. The number of carboxylic acid groups (broad SMARTS) is 1. The summed E-state index contributed by atoms with van der Waals surface area (Å²) in [6, 6.07) is 7.46. The maximum Gasteiger partial charge on any atom is 0.309 e. The number of nitrogens with zero attached hydrogens (tertiary/aromatic N) is 3. The molecule has 1 aromatic heterocycles. The van der Waals surface area contributed by atoms with Crippen LogP contribution in [0.5, 0.6) is 5.75 Å². The van der Waals surface area contributed by atoms with Gasteiger partial charge in [0.15, 0.2) is 0 Å². The molecule has 0 saturated carbocycles. The van der Waals surface area contributed by atoms with Gasteiger partial charge in [-0.15, -0.1) is 0 Å². The van der Waals surface area contributed by atoms with Gasteiger partial charge < -0.3 is 14.9 Å². The second-order valence-electron chi connectivity index (χ2n) is 8.89. The first-order chi connectivity index (χ1) is 17.2. The van der Waals surface area contributed by atoms with E-state index < -0.39 is 33.9 Å². The van der Waals surface area contributed by atoms with Gasteiger partial charge in [-0.3, -0.25) is 9.48 Å². The number of hydrogen-bond donors (Lipinski definition) is 1. The molecule has 0 unspecified atom stereocenters. The Balaban J connectivity index is 1.53. The lowest BCUT2D eigenvalue weighted by molar-refractivity contribution is -0.136. The molecule has 2 atom stereocenters. The topological polar surface area (TPSA) is 125 Å². The Labute approximate surface area is 206 Å². The first-order valence-corrected chi connectivity index (χ1v) is 12.8. The summed E-state index contributed by atoms with van der Waals surface area (Å²) in [5, 5.41) is 22.4. The Morgan fingerprint density at radius 2 is 2.06 bits per heavy atom. The smallest absolute Gasteiger partial charge is 0.309 e. The number of ether oxygens (including phenoxy) is 1. The number of benzene rings is 2. The Morgan fingerprint density at radius 1 is 1.28 bits per heavy atom. The number of fused-ring (bicyclic) bond motifs is 1. The minimum Gasteiger partial charge on any atom is -0.593 e. The number of aliphatic carboxylic acids is 1. The van der Waals surface area contributed by atoms with Gasteiger partial charge in [-0.2, -0.15) is 9.40 Å². The molecule has 11 heteroatoms. The molecule has 1 aliphatic heterocycles. The van der Waals surface area contributed by atoms with E-state index in [1.165, 1.54) is 52.5 Å². The largest absolute Gasteiger partial charge is 0.593 e. The molecular weight excluding hydrogens is 489 g/mol. The van der Waals surface area contributed by atoms with Crippen LogP contribution in [0.2, 0.25) is 0 Å². The van der Waals surface area contributed by atoms with Crippen LogP contribution >= 0.6 is 0 Å². The number of methoxy groups -OCH3 is 1. The van der Waals surface area contributed by atoms with Crippen LogP contribution in [0.3, 0.4) is 0 Å². The zero-order valence-corrected chi connectivity index (χ0v) is 20.2. The summed E-state index contributed by atoms with van der Waals surface area (Å²) in [7, 11) is -2.48. The van der Waals surface area contributed by atoms with E-state index in [0.717, 1.165) is 5.57 Å². The standard InChI is InChI=1S/C25H24FN3O6S/c1-35-14-18-10-17(29-23-9-16(26)5-7-20(23)22(27-29)12-25(31)32)13-28(18)36(33,34)19-6-8-24(30)21(11-19)15-3-2-4-15/h2-9,11,17-18,30H,10,12-14H2,1H3,(H,31,32)/p+1/t17-,18+/m1/s1. The lowest BCUT2D eigenvalue weighted by atomic mass is 9.99. The number of hydrogen-bond acceptors (Lipinski definition) is 5. The van der Waals surface area contributed by atoms with Crippen molar-refractivity contribution in [1.82, 2.24) is 14.1 Å². The first-order valence-electron chi connectivity index (χ1n) is 11.3. The van der Waals surface area contributed by atoms with E-state index in [2.05, 4.69) is 5.10 Å². The average Bonchev–Trinajstić information content (AvgIpc) is 3.35. The highest BCUT2D eigenvalue weighted by Gasteiger charge is 2.42. The lowest BCUT2D eigenvalue weighted by Gasteiger charge is -2.23. The van der Waals surface area contributed by atoms with Crippen molar-refractivity contribution in [2.45, 2.75) is 29.8 Å². The number of aromatic nitrogens is 2. The first kappa shape index (κ1) is 24.2. The third kappa shape index (κ3) is 4.19. The molecule has 9 nitrogen and oxygen atoms in total. The van der Waals surface area contributed by atoms with E-state index in [1.54, 1.807) is 0 Å². The number of allylic oxidation sites excluding steroid dienone is 4. The fraction of sp³-hybridized carbons (Fsp3) is 0.280. The Bertz CT molecular complexity index is 1530. The second-order valence-corrected chi connectivity index (χ2v) is 10.8. The van der Waals surface area contributed by atoms with Gasteiger partial charge in [0.1, 0.15) is 5.82 Å². The van der Waals surface area contributed by atoms with Crippen LogP contribution in [0.1, 0.15) is 23.7 Å². The van der Waals surface area contributed by atoms with Gasteiger partial charge in [0.25, 0.3) is 5.75 Å². The number of sulfonamides is 1. The third-order valence-corrected chi connectivity index (χ3v) is 8.49. The third-order valence-electron chi connectivity index (χ3n) is 6.57. The highest BCUT2D eigenvalue weighted by molar-refractivity contribution is 7.89. The second kappa shape index (κ2) is 9.16. The van der Waals surface area contributed by atoms with E-state index in [-0.39, 0.29) is 30.2 Å². The maximum atomic E-state index is 14.1. The Morgan fingerprint density at radius 3 is 2.72 bits per heavy atom. The van der Waals surface area contributed by atoms with Gasteiger partial charge in [0.05, 0.1) is 46.8 Å². The summed E-state index contributed by atoms with van der Waals surface area (Å²) in [6.07, 6.45) is 5.48. The minimum atomic E-state index is -3.97. The molecular formula is C25H25FN3O6S+. The average molecular weight is 515 g/mol. The van der Waals surface area contributed by atoms with Gasteiger partial charge in [0, 0.05) is 25.1 Å². The molecule has 2 aromatic carbocycles. The van der Waals surface area contributed by atoms with E-state index in [0.29, 0.717) is 28.6 Å². The zero-order chi connectivity index (χ0) is 25.6. The normalized spacial score (nSPS) is 20.0. The van der Waals surface area contributed by atoms with Crippen molar-refractivity contribution >= 4 is 32.5 Å². The molecule has 3 aromatic rings.